The standard InChI is InChI=1S/C17H24N6O2.ClH/c1-12(2)8-14(18)16(25)21-17-20-11-23(22-17)10-15(24)19-9-13-6-4-3-5-7-13;/h3-7,11-12,14H,8-10,18H2,1-2H3,(H,19,24)(H,21,22,25);1H/t14-;/m0./s1. The summed E-state index contributed by atoms with van der Waals surface area (Å²) in [5.74, 6) is -0.0669. The van der Waals surface area contributed by atoms with Crippen LogP contribution in [0.2, 0.25) is 0 Å². The molecule has 1 atom stereocenters. The van der Waals surface area contributed by atoms with Crippen LogP contribution in [0.15, 0.2) is 36.7 Å². The van der Waals surface area contributed by atoms with Crippen LogP contribution in [-0.4, -0.2) is 32.6 Å². The number of carbonyl (C=O) groups is 2. The summed E-state index contributed by atoms with van der Waals surface area (Å²) in [6, 6.07) is 9.01. The van der Waals surface area contributed by atoms with E-state index in [0.29, 0.717) is 18.9 Å². The largest absolute Gasteiger partial charge is 0.350 e. The Morgan fingerprint density at radius 2 is 1.92 bits per heavy atom. The van der Waals surface area contributed by atoms with Gasteiger partial charge in [-0.2, -0.15) is 0 Å². The molecule has 0 fully saturated rings. The molecule has 0 spiro atoms. The van der Waals surface area contributed by atoms with Crippen LogP contribution in [0.3, 0.4) is 0 Å². The lowest BCUT2D eigenvalue weighted by Crippen LogP contribution is -2.37. The number of amides is 2. The van der Waals surface area contributed by atoms with Gasteiger partial charge in [0, 0.05) is 6.54 Å². The Balaban J connectivity index is 0.00000338. The quantitative estimate of drug-likeness (QED) is 0.639. The summed E-state index contributed by atoms with van der Waals surface area (Å²) in [7, 11) is 0. The highest BCUT2D eigenvalue weighted by atomic mass is 35.5. The van der Waals surface area contributed by atoms with E-state index in [1.807, 2.05) is 44.2 Å². The number of carbonyl (C=O) groups excluding carboxylic acids is 2. The van der Waals surface area contributed by atoms with E-state index in [1.54, 1.807) is 0 Å². The Kier molecular flexibility index (Phi) is 8.74. The summed E-state index contributed by atoms with van der Waals surface area (Å²) < 4.78 is 1.36. The van der Waals surface area contributed by atoms with E-state index in [4.69, 9.17) is 5.73 Å². The molecule has 0 bridgehead atoms. The highest BCUT2D eigenvalue weighted by Gasteiger charge is 2.17. The molecule has 2 aromatic rings. The van der Waals surface area contributed by atoms with E-state index in [9.17, 15) is 9.59 Å². The zero-order valence-corrected chi connectivity index (χ0v) is 15.7. The Morgan fingerprint density at radius 3 is 2.58 bits per heavy atom. The van der Waals surface area contributed by atoms with Gasteiger partial charge in [-0.25, -0.2) is 9.67 Å². The van der Waals surface area contributed by atoms with Crippen LogP contribution in [-0.2, 0) is 22.7 Å². The molecule has 0 aliphatic heterocycles. The number of nitrogens with one attached hydrogen (secondary N) is 2. The van der Waals surface area contributed by atoms with Crippen molar-refractivity contribution in [3.63, 3.8) is 0 Å². The molecule has 1 aromatic heterocycles. The first-order valence-electron chi connectivity index (χ1n) is 8.20. The van der Waals surface area contributed by atoms with Crippen LogP contribution in [0, 0.1) is 5.92 Å². The van der Waals surface area contributed by atoms with E-state index in [-0.39, 0.29) is 36.7 Å². The lowest BCUT2D eigenvalue weighted by atomic mass is 10.0. The second-order valence-corrected chi connectivity index (χ2v) is 6.25. The number of halogens is 1. The highest BCUT2D eigenvalue weighted by Crippen LogP contribution is 2.05. The third-order valence-electron chi connectivity index (χ3n) is 3.47. The van der Waals surface area contributed by atoms with Crippen LogP contribution in [0.1, 0.15) is 25.8 Å². The SMILES string of the molecule is CC(C)C[C@H](N)C(=O)Nc1ncn(CC(=O)NCc2ccccc2)n1.Cl. The van der Waals surface area contributed by atoms with Crippen molar-refractivity contribution in [2.45, 2.75) is 39.4 Å². The Bertz CT molecular complexity index is 704. The van der Waals surface area contributed by atoms with Gasteiger partial charge in [0.25, 0.3) is 0 Å². The minimum absolute atomic E-state index is 0. The summed E-state index contributed by atoms with van der Waals surface area (Å²) in [6.07, 6.45) is 1.97. The monoisotopic (exact) mass is 380 g/mol. The molecule has 2 rings (SSSR count). The van der Waals surface area contributed by atoms with Gasteiger partial charge in [-0.3, -0.25) is 14.9 Å². The molecule has 0 aliphatic rings. The van der Waals surface area contributed by atoms with Crippen molar-refractivity contribution in [3.05, 3.63) is 42.2 Å². The average Bonchev–Trinajstić information content (AvgIpc) is 3.00. The number of nitrogens with two attached hydrogens (primary N) is 1. The summed E-state index contributed by atoms with van der Waals surface area (Å²) in [5.41, 5.74) is 6.83. The van der Waals surface area contributed by atoms with Crippen molar-refractivity contribution < 1.29 is 9.59 Å². The first kappa shape index (κ1) is 21.6. The smallest absolute Gasteiger partial charge is 0.248 e. The zero-order valence-electron chi connectivity index (χ0n) is 14.9. The lowest BCUT2D eigenvalue weighted by Gasteiger charge is -2.12. The predicted octanol–water partition coefficient (Wildman–Crippen LogP) is 1.33. The molecular weight excluding hydrogens is 356 g/mol. The Labute approximate surface area is 159 Å². The van der Waals surface area contributed by atoms with Crippen LogP contribution in [0.5, 0.6) is 0 Å². The fourth-order valence-corrected chi connectivity index (χ4v) is 2.25. The van der Waals surface area contributed by atoms with E-state index >= 15 is 0 Å². The van der Waals surface area contributed by atoms with Crippen molar-refractivity contribution in [2.24, 2.45) is 11.7 Å². The zero-order chi connectivity index (χ0) is 18.2. The van der Waals surface area contributed by atoms with Gasteiger partial charge in [-0.05, 0) is 17.9 Å². The number of aromatic nitrogens is 3. The van der Waals surface area contributed by atoms with Crippen molar-refractivity contribution in [3.8, 4) is 0 Å². The van der Waals surface area contributed by atoms with Crippen molar-refractivity contribution >= 4 is 30.2 Å². The van der Waals surface area contributed by atoms with E-state index in [0.717, 1.165) is 5.56 Å². The molecular formula is C17H25ClN6O2. The summed E-state index contributed by atoms with van der Waals surface area (Å²) in [5, 5.41) is 9.43. The lowest BCUT2D eigenvalue weighted by molar-refractivity contribution is -0.122. The van der Waals surface area contributed by atoms with Crippen LogP contribution < -0.4 is 16.4 Å². The van der Waals surface area contributed by atoms with Crippen molar-refractivity contribution in [1.29, 1.82) is 0 Å². The maximum absolute atomic E-state index is 11.9. The molecule has 8 nitrogen and oxygen atoms in total. The predicted molar refractivity (Wildman–Crippen MR) is 102 cm³/mol. The minimum atomic E-state index is -0.610. The Morgan fingerprint density at radius 1 is 1.23 bits per heavy atom. The number of benzene rings is 1. The normalized spacial score (nSPS) is 11.5. The highest BCUT2D eigenvalue weighted by molar-refractivity contribution is 5.93. The number of hydrogen-bond acceptors (Lipinski definition) is 5. The molecule has 0 radical (unpaired) electrons. The summed E-state index contributed by atoms with van der Waals surface area (Å²) in [6.45, 7) is 4.46. The van der Waals surface area contributed by atoms with E-state index in [1.165, 1.54) is 11.0 Å². The summed E-state index contributed by atoms with van der Waals surface area (Å²) in [4.78, 5) is 27.8. The molecule has 0 unspecified atom stereocenters. The molecule has 0 saturated carbocycles. The third-order valence-corrected chi connectivity index (χ3v) is 3.47. The average molecular weight is 381 g/mol. The number of rotatable bonds is 8. The molecule has 26 heavy (non-hydrogen) atoms. The van der Waals surface area contributed by atoms with E-state index in [2.05, 4.69) is 20.7 Å². The van der Waals surface area contributed by atoms with Gasteiger partial charge in [-0.15, -0.1) is 17.5 Å². The molecule has 0 aliphatic carbocycles. The van der Waals surface area contributed by atoms with Gasteiger partial charge in [-0.1, -0.05) is 44.2 Å². The maximum Gasteiger partial charge on any atom is 0.248 e. The van der Waals surface area contributed by atoms with Gasteiger partial charge < -0.3 is 11.1 Å². The number of nitrogens with zero attached hydrogens (tertiary/aromatic N) is 3. The van der Waals surface area contributed by atoms with Crippen LogP contribution in [0.25, 0.3) is 0 Å². The van der Waals surface area contributed by atoms with Crippen molar-refractivity contribution in [1.82, 2.24) is 20.1 Å². The van der Waals surface area contributed by atoms with Gasteiger partial charge in [0.1, 0.15) is 12.9 Å². The van der Waals surface area contributed by atoms with Gasteiger partial charge >= 0.3 is 0 Å². The molecule has 1 heterocycles. The molecule has 142 valence electrons. The van der Waals surface area contributed by atoms with Gasteiger partial charge in [0.05, 0.1) is 6.04 Å². The Hall–Kier alpha value is -2.45. The van der Waals surface area contributed by atoms with E-state index < -0.39 is 6.04 Å². The fourth-order valence-electron chi connectivity index (χ4n) is 2.25. The molecule has 1 aromatic carbocycles. The second kappa shape index (κ2) is 10.5. The second-order valence-electron chi connectivity index (χ2n) is 6.25. The topological polar surface area (TPSA) is 115 Å². The molecule has 0 saturated heterocycles. The molecule has 2 amide bonds. The first-order valence-corrected chi connectivity index (χ1v) is 8.20. The number of anilines is 1. The first-order chi connectivity index (χ1) is 11.9. The fraction of sp³-hybridized carbons (Fsp3) is 0.412. The van der Waals surface area contributed by atoms with Crippen LogP contribution >= 0.6 is 12.4 Å². The van der Waals surface area contributed by atoms with Gasteiger partial charge in [0.2, 0.25) is 17.8 Å². The van der Waals surface area contributed by atoms with Gasteiger partial charge in [0.15, 0.2) is 0 Å². The minimum Gasteiger partial charge on any atom is -0.350 e. The maximum atomic E-state index is 11.9. The van der Waals surface area contributed by atoms with Crippen LogP contribution in [0.4, 0.5) is 5.95 Å². The molecule has 9 heteroatoms. The third kappa shape index (κ3) is 7.20. The van der Waals surface area contributed by atoms with Crippen molar-refractivity contribution in [2.75, 3.05) is 5.32 Å². The number of hydrogen-bond donors (Lipinski definition) is 3. The molecule has 4 N–H and O–H groups in total. The summed E-state index contributed by atoms with van der Waals surface area (Å²) >= 11 is 0.